The van der Waals surface area contributed by atoms with Crippen LogP contribution in [0.4, 0.5) is 0 Å². The molecule has 0 fully saturated rings. The second-order valence-electron chi connectivity index (χ2n) is 2.93. The maximum Gasteiger partial charge on any atom is 0.226 e. The van der Waals surface area contributed by atoms with Gasteiger partial charge in [0.15, 0.2) is 0 Å². The summed E-state index contributed by atoms with van der Waals surface area (Å²) in [5.74, 6) is 0.789. The minimum Gasteiger partial charge on any atom is -0.479 e. The Morgan fingerprint density at radius 1 is 1.60 bits per heavy atom. The third-order valence-corrected chi connectivity index (χ3v) is 2.52. The summed E-state index contributed by atoms with van der Waals surface area (Å²) in [5.41, 5.74) is -0.171. The minimum atomic E-state index is -0.171. The van der Waals surface area contributed by atoms with Crippen LogP contribution in [0.2, 0.25) is 0 Å². The zero-order chi connectivity index (χ0) is 10.7. The predicted octanol–water partition coefficient (Wildman–Crippen LogP) is 1.98. The Balaban J connectivity index is 2.09. The fourth-order valence-corrected chi connectivity index (χ4v) is 1.59. The zero-order valence-corrected chi connectivity index (χ0v) is 8.91. The summed E-state index contributed by atoms with van der Waals surface area (Å²) in [6.45, 7) is 2.01. The highest BCUT2D eigenvalue weighted by atomic mass is 32.1. The van der Waals surface area contributed by atoms with E-state index in [1.807, 2.05) is 5.38 Å². The average molecular weight is 223 g/mol. The Morgan fingerprint density at radius 2 is 2.47 bits per heavy atom. The van der Waals surface area contributed by atoms with E-state index in [9.17, 15) is 4.79 Å². The normalized spacial score (nSPS) is 10.2. The molecule has 2 aromatic heterocycles. The summed E-state index contributed by atoms with van der Waals surface area (Å²) in [4.78, 5) is 15.4. The van der Waals surface area contributed by atoms with Gasteiger partial charge in [-0.3, -0.25) is 4.79 Å². The van der Waals surface area contributed by atoms with Crippen LogP contribution in [-0.4, -0.2) is 4.98 Å². The van der Waals surface area contributed by atoms with Crippen molar-refractivity contribution in [2.45, 2.75) is 13.5 Å². The van der Waals surface area contributed by atoms with Gasteiger partial charge in [-0.05, 0) is 6.92 Å². The van der Waals surface area contributed by atoms with Crippen molar-refractivity contribution < 1.29 is 9.15 Å². The van der Waals surface area contributed by atoms with Gasteiger partial charge >= 0.3 is 0 Å². The predicted molar refractivity (Wildman–Crippen MR) is 56.2 cm³/mol. The smallest absolute Gasteiger partial charge is 0.226 e. The first-order valence-electron chi connectivity index (χ1n) is 4.36. The molecule has 0 N–H and O–H groups in total. The molecular formula is C10H9NO3S. The summed E-state index contributed by atoms with van der Waals surface area (Å²) < 4.78 is 10.3. The molecule has 0 spiro atoms. The summed E-state index contributed by atoms with van der Waals surface area (Å²) in [5, 5.41) is 2.69. The molecule has 0 amide bonds. The molecule has 0 bridgehead atoms. The van der Waals surface area contributed by atoms with Crippen molar-refractivity contribution in [3.05, 3.63) is 44.9 Å². The summed E-state index contributed by atoms with van der Waals surface area (Å²) in [7, 11) is 0. The van der Waals surface area contributed by atoms with Crippen LogP contribution >= 0.6 is 11.3 Å². The molecule has 0 radical (unpaired) electrons. The van der Waals surface area contributed by atoms with Crippen LogP contribution in [0.1, 0.15) is 10.8 Å². The number of aromatic nitrogens is 1. The Hall–Kier alpha value is -1.62. The molecule has 0 aliphatic heterocycles. The second kappa shape index (κ2) is 4.27. The van der Waals surface area contributed by atoms with Crippen molar-refractivity contribution in [1.82, 2.24) is 4.98 Å². The topological polar surface area (TPSA) is 52.3 Å². The molecule has 0 aromatic carbocycles. The molecule has 2 rings (SSSR count). The fourth-order valence-electron chi connectivity index (χ4n) is 1.06. The van der Waals surface area contributed by atoms with Gasteiger partial charge < -0.3 is 9.15 Å². The highest BCUT2D eigenvalue weighted by Crippen LogP contribution is 2.10. The molecular weight excluding hydrogens is 214 g/mol. The first-order valence-corrected chi connectivity index (χ1v) is 5.24. The van der Waals surface area contributed by atoms with E-state index in [0.717, 1.165) is 5.01 Å². The summed E-state index contributed by atoms with van der Waals surface area (Å²) >= 11 is 1.48. The van der Waals surface area contributed by atoms with E-state index >= 15 is 0 Å². The number of hydrogen-bond donors (Lipinski definition) is 0. The SMILES string of the molecule is Cc1cc(=O)c(OCc2nccs2)co1. The van der Waals surface area contributed by atoms with Gasteiger partial charge in [-0.25, -0.2) is 4.98 Å². The van der Waals surface area contributed by atoms with Crippen molar-refractivity contribution in [1.29, 1.82) is 0 Å². The minimum absolute atomic E-state index is 0.171. The van der Waals surface area contributed by atoms with Gasteiger partial charge in [0.2, 0.25) is 11.2 Å². The van der Waals surface area contributed by atoms with Crippen LogP contribution in [0.3, 0.4) is 0 Å². The fraction of sp³-hybridized carbons (Fsp3) is 0.200. The molecule has 2 aromatic rings. The summed E-state index contributed by atoms with van der Waals surface area (Å²) in [6.07, 6.45) is 3.02. The number of thiazole rings is 1. The Labute approximate surface area is 90.2 Å². The lowest BCUT2D eigenvalue weighted by Crippen LogP contribution is -2.06. The number of ether oxygens (including phenoxy) is 1. The number of aryl methyl sites for hydroxylation is 1. The third-order valence-electron chi connectivity index (χ3n) is 1.76. The van der Waals surface area contributed by atoms with Gasteiger partial charge in [0, 0.05) is 17.6 Å². The maximum atomic E-state index is 11.4. The molecule has 0 saturated carbocycles. The van der Waals surface area contributed by atoms with Gasteiger partial charge in [0.25, 0.3) is 0 Å². The average Bonchev–Trinajstić information content (AvgIpc) is 2.69. The van der Waals surface area contributed by atoms with Gasteiger partial charge in [-0.2, -0.15) is 0 Å². The first kappa shape index (κ1) is 9.92. The van der Waals surface area contributed by atoms with Crippen molar-refractivity contribution in [2.24, 2.45) is 0 Å². The largest absolute Gasteiger partial charge is 0.479 e. The quantitative estimate of drug-likeness (QED) is 0.798. The van der Waals surface area contributed by atoms with Gasteiger partial charge in [0.1, 0.15) is 23.6 Å². The van der Waals surface area contributed by atoms with Crippen LogP contribution in [0.15, 0.2) is 33.1 Å². The lowest BCUT2D eigenvalue weighted by Gasteiger charge is -2.01. The third kappa shape index (κ3) is 2.44. The monoisotopic (exact) mass is 223 g/mol. The molecule has 78 valence electrons. The number of nitrogens with zero attached hydrogens (tertiary/aromatic N) is 1. The van der Waals surface area contributed by atoms with E-state index in [0.29, 0.717) is 12.4 Å². The van der Waals surface area contributed by atoms with E-state index < -0.39 is 0 Å². The van der Waals surface area contributed by atoms with Crippen LogP contribution in [0.5, 0.6) is 5.75 Å². The van der Waals surface area contributed by atoms with E-state index in [4.69, 9.17) is 9.15 Å². The van der Waals surface area contributed by atoms with Crippen molar-refractivity contribution in [2.75, 3.05) is 0 Å². The van der Waals surface area contributed by atoms with E-state index in [1.165, 1.54) is 23.7 Å². The second-order valence-corrected chi connectivity index (χ2v) is 3.91. The summed E-state index contributed by atoms with van der Waals surface area (Å²) in [6, 6.07) is 1.40. The molecule has 4 nitrogen and oxygen atoms in total. The molecule has 0 aliphatic carbocycles. The first-order chi connectivity index (χ1) is 7.25. The van der Waals surface area contributed by atoms with Crippen molar-refractivity contribution >= 4 is 11.3 Å². The molecule has 5 heteroatoms. The van der Waals surface area contributed by atoms with Gasteiger partial charge in [-0.1, -0.05) is 0 Å². The van der Waals surface area contributed by atoms with Crippen molar-refractivity contribution in [3.8, 4) is 5.75 Å². The highest BCUT2D eigenvalue weighted by Gasteiger charge is 2.03. The lowest BCUT2D eigenvalue weighted by atomic mass is 10.4. The highest BCUT2D eigenvalue weighted by molar-refractivity contribution is 7.09. The molecule has 0 saturated heterocycles. The Kier molecular flexibility index (Phi) is 2.82. The van der Waals surface area contributed by atoms with E-state index in [2.05, 4.69) is 4.98 Å². The van der Waals surface area contributed by atoms with Crippen LogP contribution in [0, 0.1) is 6.92 Å². The Bertz CT molecular complexity index is 490. The van der Waals surface area contributed by atoms with Crippen LogP contribution < -0.4 is 10.2 Å². The molecule has 0 unspecified atom stereocenters. The van der Waals surface area contributed by atoms with Crippen LogP contribution in [-0.2, 0) is 6.61 Å². The molecule has 15 heavy (non-hydrogen) atoms. The molecule has 0 atom stereocenters. The van der Waals surface area contributed by atoms with Crippen LogP contribution in [0.25, 0.3) is 0 Å². The lowest BCUT2D eigenvalue weighted by molar-refractivity contribution is 0.290. The zero-order valence-electron chi connectivity index (χ0n) is 8.10. The van der Waals surface area contributed by atoms with Crippen molar-refractivity contribution in [3.63, 3.8) is 0 Å². The standard InChI is InChI=1S/C10H9NO3S/c1-7-4-8(12)9(5-13-7)14-6-10-11-2-3-15-10/h2-5H,6H2,1H3. The van der Waals surface area contributed by atoms with Gasteiger partial charge in [-0.15, -0.1) is 11.3 Å². The molecule has 0 aliphatic rings. The van der Waals surface area contributed by atoms with E-state index in [1.54, 1.807) is 13.1 Å². The molecule has 2 heterocycles. The van der Waals surface area contributed by atoms with E-state index in [-0.39, 0.29) is 11.2 Å². The maximum absolute atomic E-state index is 11.4. The van der Waals surface area contributed by atoms with Gasteiger partial charge in [0.05, 0.1) is 0 Å². The number of rotatable bonds is 3. The number of hydrogen-bond acceptors (Lipinski definition) is 5. The Morgan fingerprint density at radius 3 is 3.13 bits per heavy atom.